The minimum Gasteiger partial charge on any atom is -0.327 e. The predicted molar refractivity (Wildman–Crippen MR) is 69.7 cm³/mol. The van der Waals surface area contributed by atoms with Gasteiger partial charge in [0, 0.05) is 17.8 Å². The molecule has 1 unspecified atom stereocenters. The summed E-state index contributed by atoms with van der Waals surface area (Å²) >= 11 is 1.72. The number of aromatic nitrogens is 1. The number of aryl methyl sites for hydroxylation is 1. The number of thiazole rings is 1. The van der Waals surface area contributed by atoms with Crippen molar-refractivity contribution in [3.8, 4) is 0 Å². The molecule has 1 aliphatic rings. The molecular weight excluding hydrogens is 216 g/mol. The highest BCUT2D eigenvalue weighted by molar-refractivity contribution is 7.09. The molecule has 2 N–H and O–H groups in total. The van der Waals surface area contributed by atoms with Gasteiger partial charge in [-0.25, -0.2) is 4.98 Å². The molecule has 1 aliphatic carbocycles. The van der Waals surface area contributed by atoms with Crippen molar-refractivity contribution >= 4 is 11.3 Å². The maximum absolute atomic E-state index is 6.16. The average molecular weight is 238 g/mol. The van der Waals surface area contributed by atoms with Crippen LogP contribution in [0.25, 0.3) is 0 Å². The molecule has 0 bridgehead atoms. The van der Waals surface area contributed by atoms with Crippen molar-refractivity contribution in [1.29, 1.82) is 0 Å². The van der Waals surface area contributed by atoms with Gasteiger partial charge in [0.2, 0.25) is 0 Å². The van der Waals surface area contributed by atoms with Gasteiger partial charge in [0.15, 0.2) is 0 Å². The van der Waals surface area contributed by atoms with Crippen LogP contribution in [-0.4, -0.2) is 11.0 Å². The number of hydrogen-bond acceptors (Lipinski definition) is 3. The van der Waals surface area contributed by atoms with Crippen molar-refractivity contribution in [1.82, 2.24) is 4.98 Å². The van der Waals surface area contributed by atoms with Crippen LogP contribution in [0.15, 0.2) is 5.38 Å². The van der Waals surface area contributed by atoms with E-state index >= 15 is 0 Å². The molecule has 1 aromatic rings. The van der Waals surface area contributed by atoms with Crippen molar-refractivity contribution in [3.63, 3.8) is 0 Å². The molecule has 0 aromatic carbocycles. The monoisotopic (exact) mass is 238 g/mol. The molecule has 0 radical (unpaired) electrons. The minimum atomic E-state index is 0.307. The summed E-state index contributed by atoms with van der Waals surface area (Å²) in [6.45, 7) is 2.05. The van der Waals surface area contributed by atoms with E-state index in [1.54, 1.807) is 11.3 Å². The second-order valence-corrected chi connectivity index (χ2v) is 6.11. The summed E-state index contributed by atoms with van der Waals surface area (Å²) in [5.41, 5.74) is 7.34. The van der Waals surface area contributed by atoms with E-state index in [0.717, 1.165) is 17.3 Å². The molecule has 16 heavy (non-hydrogen) atoms. The first kappa shape index (κ1) is 12.1. The van der Waals surface area contributed by atoms with E-state index in [0.29, 0.717) is 6.04 Å². The van der Waals surface area contributed by atoms with Gasteiger partial charge in [0.1, 0.15) is 0 Å². The molecule has 2 nitrogen and oxygen atoms in total. The van der Waals surface area contributed by atoms with Crippen LogP contribution in [-0.2, 0) is 6.42 Å². The Kier molecular flexibility index (Phi) is 4.36. The van der Waals surface area contributed by atoms with E-state index in [4.69, 9.17) is 5.73 Å². The Labute approximate surface area is 102 Å². The summed E-state index contributed by atoms with van der Waals surface area (Å²) in [4.78, 5) is 4.47. The van der Waals surface area contributed by atoms with Crippen molar-refractivity contribution in [2.45, 2.75) is 57.9 Å². The van der Waals surface area contributed by atoms with Crippen LogP contribution in [0.3, 0.4) is 0 Å². The maximum Gasteiger partial charge on any atom is 0.0897 e. The van der Waals surface area contributed by atoms with Crippen LogP contribution < -0.4 is 5.73 Å². The van der Waals surface area contributed by atoms with Gasteiger partial charge in [-0.05, 0) is 25.7 Å². The molecule has 1 aromatic heterocycles. The summed E-state index contributed by atoms with van der Waals surface area (Å²) in [5.74, 6) is 0.961. The summed E-state index contributed by atoms with van der Waals surface area (Å²) in [7, 11) is 0. The maximum atomic E-state index is 6.16. The SMILES string of the molecule is Cc1nc(CC(N)CCC2CCCC2)cs1. The van der Waals surface area contributed by atoms with Crippen molar-refractivity contribution in [3.05, 3.63) is 16.1 Å². The number of rotatable bonds is 5. The van der Waals surface area contributed by atoms with Gasteiger partial charge < -0.3 is 5.73 Å². The second-order valence-electron chi connectivity index (χ2n) is 5.05. The molecule has 1 saturated carbocycles. The van der Waals surface area contributed by atoms with Crippen LogP contribution in [0.5, 0.6) is 0 Å². The van der Waals surface area contributed by atoms with E-state index in [-0.39, 0.29) is 0 Å². The second kappa shape index (κ2) is 5.78. The van der Waals surface area contributed by atoms with Crippen LogP contribution in [0.1, 0.15) is 49.2 Å². The number of hydrogen-bond donors (Lipinski definition) is 1. The van der Waals surface area contributed by atoms with E-state index in [2.05, 4.69) is 17.3 Å². The molecule has 1 fully saturated rings. The van der Waals surface area contributed by atoms with Gasteiger partial charge in [0.05, 0.1) is 10.7 Å². The Hall–Kier alpha value is -0.410. The highest BCUT2D eigenvalue weighted by atomic mass is 32.1. The number of nitrogens with two attached hydrogens (primary N) is 1. The molecule has 1 heterocycles. The Bertz CT molecular complexity index is 315. The van der Waals surface area contributed by atoms with Crippen LogP contribution in [0, 0.1) is 12.8 Å². The van der Waals surface area contributed by atoms with Crippen LogP contribution >= 0.6 is 11.3 Å². The Morgan fingerprint density at radius 2 is 2.25 bits per heavy atom. The lowest BCUT2D eigenvalue weighted by Crippen LogP contribution is -2.23. The smallest absolute Gasteiger partial charge is 0.0897 e. The van der Waals surface area contributed by atoms with Crippen LogP contribution in [0.4, 0.5) is 0 Å². The first-order valence-corrected chi connectivity index (χ1v) is 7.28. The zero-order valence-corrected chi connectivity index (χ0v) is 10.9. The molecule has 90 valence electrons. The van der Waals surface area contributed by atoms with E-state index < -0.39 is 0 Å². The zero-order valence-electron chi connectivity index (χ0n) is 10.1. The predicted octanol–water partition coefficient (Wildman–Crippen LogP) is 3.29. The fraction of sp³-hybridized carbons (Fsp3) is 0.769. The lowest BCUT2D eigenvalue weighted by molar-refractivity contribution is 0.446. The van der Waals surface area contributed by atoms with Crippen molar-refractivity contribution in [2.75, 3.05) is 0 Å². The highest BCUT2D eigenvalue weighted by Gasteiger charge is 2.16. The largest absolute Gasteiger partial charge is 0.327 e. The molecule has 3 heteroatoms. The third kappa shape index (κ3) is 3.56. The molecular formula is C13H22N2S. The molecule has 0 saturated heterocycles. The van der Waals surface area contributed by atoms with E-state index in [1.807, 2.05) is 0 Å². The molecule has 2 rings (SSSR count). The minimum absolute atomic E-state index is 0.307. The van der Waals surface area contributed by atoms with Gasteiger partial charge in [0.25, 0.3) is 0 Å². The lowest BCUT2D eigenvalue weighted by atomic mass is 9.97. The van der Waals surface area contributed by atoms with Crippen molar-refractivity contribution < 1.29 is 0 Å². The average Bonchev–Trinajstić information content (AvgIpc) is 2.87. The quantitative estimate of drug-likeness (QED) is 0.855. The normalized spacial score (nSPS) is 19.1. The molecule has 0 aliphatic heterocycles. The fourth-order valence-corrected chi connectivity index (χ4v) is 3.25. The molecule has 0 spiro atoms. The fourth-order valence-electron chi connectivity index (χ4n) is 2.62. The van der Waals surface area contributed by atoms with Gasteiger partial charge in [-0.15, -0.1) is 11.3 Å². The van der Waals surface area contributed by atoms with Gasteiger partial charge in [-0.1, -0.05) is 25.7 Å². The lowest BCUT2D eigenvalue weighted by Gasteiger charge is -2.13. The molecule has 0 amide bonds. The van der Waals surface area contributed by atoms with E-state index in [9.17, 15) is 0 Å². The standard InChI is InChI=1S/C13H22N2S/c1-10-15-13(9-16-10)8-12(14)7-6-11-4-2-3-5-11/h9,11-12H,2-8,14H2,1H3. The highest BCUT2D eigenvalue weighted by Crippen LogP contribution is 2.29. The zero-order chi connectivity index (χ0) is 11.4. The van der Waals surface area contributed by atoms with E-state index in [1.165, 1.54) is 44.2 Å². The van der Waals surface area contributed by atoms with Gasteiger partial charge in [-0.3, -0.25) is 0 Å². The van der Waals surface area contributed by atoms with Crippen molar-refractivity contribution in [2.24, 2.45) is 11.7 Å². The first-order chi connectivity index (χ1) is 7.74. The summed E-state index contributed by atoms with van der Waals surface area (Å²) in [6.07, 6.45) is 9.18. The van der Waals surface area contributed by atoms with Gasteiger partial charge >= 0.3 is 0 Å². The third-order valence-corrected chi connectivity index (χ3v) is 4.38. The Morgan fingerprint density at radius 1 is 1.50 bits per heavy atom. The van der Waals surface area contributed by atoms with Crippen LogP contribution in [0.2, 0.25) is 0 Å². The topological polar surface area (TPSA) is 38.9 Å². The first-order valence-electron chi connectivity index (χ1n) is 6.40. The summed E-state index contributed by atoms with van der Waals surface area (Å²) in [5, 5.41) is 3.29. The Morgan fingerprint density at radius 3 is 2.88 bits per heavy atom. The molecule has 1 atom stereocenters. The van der Waals surface area contributed by atoms with Gasteiger partial charge in [-0.2, -0.15) is 0 Å². The Balaban J connectivity index is 1.69. The summed E-state index contributed by atoms with van der Waals surface area (Å²) in [6, 6.07) is 0.307. The summed E-state index contributed by atoms with van der Waals surface area (Å²) < 4.78 is 0. The number of nitrogens with zero attached hydrogens (tertiary/aromatic N) is 1. The third-order valence-electron chi connectivity index (χ3n) is 3.56.